The highest BCUT2D eigenvalue weighted by Crippen LogP contribution is 2.27. The van der Waals surface area contributed by atoms with E-state index < -0.39 is 0 Å². The maximum absolute atomic E-state index is 12.7. The normalized spacial score (nSPS) is 22.9. The second kappa shape index (κ2) is 4.99. The molecule has 2 unspecified atom stereocenters. The Morgan fingerprint density at radius 1 is 1.40 bits per heavy atom. The van der Waals surface area contributed by atoms with E-state index in [9.17, 15) is 9.50 Å². The molecular formula is C12H15FOS. The summed E-state index contributed by atoms with van der Waals surface area (Å²) in [5, 5.41) is 9.96. The lowest BCUT2D eigenvalue weighted by molar-refractivity contribution is 0.120. The van der Waals surface area contributed by atoms with Crippen molar-refractivity contribution in [1.82, 2.24) is 0 Å². The van der Waals surface area contributed by atoms with Crippen LogP contribution in [0.1, 0.15) is 12.0 Å². The first-order chi connectivity index (χ1) is 7.25. The Balaban J connectivity index is 1.92. The second-order valence-corrected chi connectivity index (χ2v) is 5.17. The zero-order valence-corrected chi connectivity index (χ0v) is 9.34. The summed E-state index contributed by atoms with van der Waals surface area (Å²) in [5.74, 6) is 2.41. The van der Waals surface area contributed by atoms with Gasteiger partial charge in [-0.3, -0.25) is 0 Å². The summed E-state index contributed by atoms with van der Waals surface area (Å²) in [6.07, 6.45) is 1.48. The summed E-state index contributed by atoms with van der Waals surface area (Å²) in [4.78, 5) is 0. The highest BCUT2D eigenvalue weighted by Gasteiger charge is 2.23. The number of aliphatic hydroxyl groups excluding tert-OH is 1. The van der Waals surface area contributed by atoms with Crippen LogP contribution in [-0.4, -0.2) is 22.7 Å². The summed E-state index contributed by atoms with van der Waals surface area (Å²) < 4.78 is 12.7. The zero-order chi connectivity index (χ0) is 10.7. The van der Waals surface area contributed by atoms with Crippen molar-refractivity contribution in [2.45, 2.75) is 18.9 Å². The Labute approximate surface area is 93.7 Å². The van der Waals surface area contributed by atoms with Crippen molar-refractivity contribution in [2.75, 3.05) is 11.5 Å². The van der Waals surface area contributed by atoms with Crippen molar-refractivity contribution in [3.63, 3.8) is 0 Å². The summed E-state index contributed by atoms with van der Waals surface area (Å²) >= 11 is 1.90. The Morgan fingerprint density at radius 2 is 2.13 bits per heavy atom. The Morgan fingerprint density at radius 3 is 2.73 bits per heavy atom. The fraction of sp³-hybridized carbons (Fsp3) is 0.500. The Bertz CT molecular complexity index is 306. The summed E-state index contributed by atoms with van der Waals surface area (Å²) in [5.41, 5.74) is 1.01. The monoisotopic (exact) mass is 226 g/mol. The topological polar surface area (TPSA) is 20.2 Å². The Kier molecular flexibility index (Phi) is 3.65. The number of halogens is 1. The van der Waals surface area contributed by atoms with E-state index in [-0.39, 0.29) is 11.9 Å². The van der Waals surface area contributed by atoms with Gasteiger partial charge in [-0.15, -0.1) is 0 Å². The van der Waals surface area contributed by atoms with Gasteiger partial charge < -0.3 is 5.11 Å². The first kappa shape index (κ1) is 11.0. The third-order valence-corrected chi connectivity index (χ3v) is 4.06. The van der Waals surface area contributed by atoms with E-state index in [0.29, 0.717) is 12.3 Å². The molecule has 0 saturated carbocycles. The van der Waals surface area contributed by atoms with Crippen LogP contribution < -0.4 is 0 Å². The van der Waals surface area contributed by atoms with Crippen LogP contribution in [-0.2, 0) is 6.42 Å². The standard InChI is InChI=1S/C12H15FOS/c13-11-3-1-9(2-4-11)7-12(14)10-5-6-15-8-10/h1-4,10,12,14H,5-8H2. The van der Waals surface area contributed by atoms with Gasteiger partial charge >= 0.3 is 0 Å². The van der Waals surface area contributed by atoms with Gasteiger partial charge in [0.1, 0.15) is 5.82 Å². The predicted molar refractivity (Wildman–Crippen MR) is 61.5 cm³/mol. The van der Waals surface area contributed by atoms with Crippen LogP contribution in [0.25, 0.3) is 0 Å². The second-order valence-electron chi connectivity index (χ2n) is 4.02. The van der Waals surface area contributed by atoms with E-state index in [1.165, 1.54) is 12.1 Å². The molecule has 1 fully saturated rings. The highest BCUT2D eigenvalue weighted by molar-refractivity contribution is 7.99. The molecule has 1 N–H and O–H groups in total. The first-order valence-electron chi connectivity index (χ1n) is 5.26. The van der Waals surface area contributed by atoms with Crippen LogP contribution in [0.15, 0.2) is 24.3 Å². The van der Waals surface area contributed by atoms with Crippen molar-refractivity contribution in [3.8, 4) is 0 Å². The van der Waals surface area contributed by atoms with Crippen molar-refractivity contribution in [1.29, 1.82) is 0 Å². The van der Waals surface area contributed by atoms with Crippen molar-refractivity contribution >= 4 is 11.8 Å². The van der Waals surface area contributed by atoms with Gasteiger partial charge in [-0.2, -0.15) is 11.8 Å². The number of hydrogen-bond acceptors (Lipinski definition) is 2. The van der Waals surface area contributed by atoms with Gasteiger partial charge in [-0.25, -0.2) is 4.39 Å². The lowest BCUT2D eigenvalue weighted by atomic mass is 9.96. The van der Waals surface area contributed by atoms with E-state index in [1.54, 1.807) is 12.1 Å². The number of rotatable bonds is 3. The van der Waals surface area contributed by atoms with Crippen molar-refractivity contribution < 1.29 is 9.50 Å². The number of thioether (sulfide) groups is 1. The van der Waals surface area contributed by atoms with Gasteiger partial charge in [0.25, 0.3) is 0 Å². The molecule has 82 valence electrons. The molecule has 0 aromatic heterocycles. The minimum Gasteiger partial charge on any atom is -0.392 e. The van der Waals surface area contributed by atoms with Crippen molar-refractivity contribution in [2.24, 2.45) is 5.92 Å². The average Bonchev–Trinajstić information content (AvgIpc) is 2.74. The molecular weight excluding hydrogens is 211 g/mol. The van der Waals surface area contributed by atoms with Crippen molar-refractivity contribution in [3.05, 3.63) is 35.6 Å². The molecule has 2 rings (SSSR count). The molecule has 0 aliphatic carbocycles. The average molecular weight is 226 g/mol. The molecule has 1 saturated heterocycles. The molecule has 1 aromatic carbocycles. The third-order valence-electron chi connectivity index (χ3n) is 2.87. The maximum atomic E-state index is 12.7. The number of aliphatic hydroxyl groups is 1. The first-order valence-corrected chi connectivity index (χ1v) is 6.41. The van der Waals surface area contributed by atoms with E-state index in [0.717, 1.165) is 23.5 Å². The van der Waals surface area contributed by atoms with E-state index in [4.69, 9.17) is 0 Å². The van der Waals surface area contributed by atoms with E-state index >= 15 is 0 Å². The molecule has 1 heterocycles. The van der Waals surface area contributed by atoms with Gasteiger partial charge in [0.2, 0.25) is 0 Å². The van der Waals surface area contributed by atoms with Crippen LogP contribution >= 0.6 is 11.8 Å². The third kappa shape index (κ3) is 2.95. The molecule has 1 aromatic rings. The molecule has 0 spiro atoms. The molecule has 15 heavy (non-hydrogen) atoms. The minimum absolute atomic E-state index is 0.218. The lowest BCUT2D eigenvalue weighted by Gasteiger charge is -2.16. The highest BCUT2D eigenvalue weighted by atomic mass is 32.2. The molecule has 0 amide bonds. The summed E-state index contributed by atoms with van der Waals surface area (Å²) in [6, 6.07) is 6.40. The van der Waals surface area contributed by atoms with Crippen LogP contribution in [0.2, 0.25) is 0 Å². The molecule has 1 aliphatic rings. The molecule has 2 atom stereocenters. The maximum Gasteiger partial charge on any atom is 0.123 e. The molecule has 0 radical (unpaired) electrons. The largest absolute Gasteiger partial charge is 0.392 e. The SMILES string of the molecule is OC(Cc1ccc(F)cc1)C1CCSC1. The van der Waals surface area contributed by atoms with E-state index in [2.05, 4.69) is 0 Å². The fourth-order valence-corrected chi connectivity index (χ4v) is 3.21. The van der Waals surface area contributed by atoms with E-state index in [1.807, 2.05) is 11.8 Å². The smallest absolute Gasteiger partial charge is 0.123 e. The van der Waals surface area contributed by atoms with Gasteiger partial charge in [0.15, 0.2) is 0 Å². The molecule has 0 bridgehead atoms. The van der Waals surface area contributed by atoms with Crippen LogP contribution in [0.3, 0.4) is 0 Å². The van der Waals surface area contributed by atoms with Gasteiger partial charge in [-0.1, -0.05) is 12.1 Å². The van der Waals surface area contributed by atoms with Gasteiger partial charge in [0.05, 0.1) is 6.10 Å². The van der Waals surface area contributed by atoms with Crippen LogP contribution in [0, 0.1) is 11.7 Å². The lowest BCUT2D eigenvalue weighted by Crippen LogP contribution is -2.22. The quantitative estimate of drug-likeness (QED) is 0.854. The molecule has 3 heteroatoms. The van der Waals surface area contributed by atoms with Gasteiger partial charge in [0, 0.05) is 0 Å². The Hall–Kier alpha value is -0.540. The predicted octanol–water partition coefficient (Wildman–Crippen LogP) is 2.48. The minimum atomic E-state index is -0.273. The summed E-state index contributed by atoms with van der Waals surface area (Å²) in [7, 11) is 0. The van der Waals surface area contributed by atoms with Gasteiger partial charge in [-0.05, 0) is 48.0 Å². The van der Waals surface area contributed by atoms with Crippen LogP contribution in [0.5, 0.6) is 0 Å². The summed E-state index contributed by atoms with van der Waals surface area (Å²) in [6.45, 7) is 0. The zero-order valence-electron chi connectivity index (χ0n) is 8.53. The fourth-order valence-electron chi connectivity index (χ4n) is 1.88. The number of hydrogen-bond donors (Lipinski definition) is 1. The molecule has 1 aliphatic heterocycles. The number of benzene rings is 1. The van der Waals surface area contributed by atoms with Crippen LogP contribution in [0.4, 0.5) is 4.39 Å². The molecule has 1 nitrogen and oxygen atoms in total.